The fourth-order valence-corrected chi connectivity index (χ4v) is 1.80. The summed E-state index contributed by atoms with van der Waals surface area (Å²) in [6, 6.07) is 9.96. The number of rotatable bonds is 4. The van der Waals surface area contributed by atoms with Gasteiger partial charge in [0, 0.05) is 11.8 Å². The summed E-state index contributed by atoms with van der Waals surface area (Å²) in [6.45, 7) is 2.10. The number of aromatic nitrogens is 1. The third-order valence-electron chi connectivity index (χ3n) is 2.73. The van der Waals surface area contributed by atoms with Gasteiger partial charge in [0.2, 0.25) is 5.78 Å². The molecule has 0 bridgehead atoms. The molecule has 2 aromatic rings. The molecule has 0 radical (unpaired) electrons. The predicted octanol–water partition coefficient (Wildman–Crippen LogP) is 3.40. The molecule has 0 aliphatic heterocycles. The van der Waals surface area contributed by atoms with Gasteiger partial charge < -0.3 is 0 Å². The molecular formula is C15H14FNO. The molecule has 92 valence electrons. The SMILES string of the molecule is CCCc1ccc(C(=O)c2ncccc2F)cc1. The number of ketones is 1. The first-order valence-corrected chi connectivity index (χ1v) is 5.96. The van der Waals surface area contributed by atoms with Gasteiger partial charge in [-0.25, -0.2) is 9.37 Å². The van der Waals surface area contributed by atoms with Crippen LogP contribution in [0, 0.1) is 5.82 Å². The Morgan fingerprint density at radius 2 is 1.94 bits per heavy atom. The second-order valence-corrected chi connectivity index (χ2v) is 4.11. The fraction of sp³-hybridized carbons (Fsp3) is 0.200. The maximum absolute atomic E-state index is 13.4. The van der Waals surface area contributed by atoms with Crippen molar-refractivity contribution in [1.29, 1.82) is 0 Å². The number of hydrogen-bond donors (Lipinski definition) is 0. The summed E-state index contributed by atoms with van der Waals surface area (Å²) in [4.78, 5) is 15.8. The first kappa shape index (κ1) is 12.4. The van der Waals surface area contributed by atoms with E-state index in [0.29, 0.717) is 5.56 Å². The summed E-state index contributed by atoms with van der Waals surface area (Å²) in [5.74, 6) is -0.962. The Kier molecular flexibility index (Phi) is 3.82. The average molecular weight is 243 g/mol. The van der Waals surface area contributed by atoms with Crippen molar-refractivity contribution in [1.82, 2.24) is 4.98 Å². The minimum Gasteiger partial charge on any atom is -0.287 e. The predicted molar refractivity (Wildman–Crippen MR) is 68.1 cm³/mol. The molecule has 2 nitrogen and oxygen atoms in total. The van der Waals surface area contributed by atoms with E-state index in [4.69, 9.17) is 0 Å². The zero-order valence-electron chi connectivity index (χ0n) is 10.2. The molecule has 0 spiro atoms. The number of benzene rings is 1. The zero-order chi connectivity index (χ0) is 13.0. The van der Waals surface area contributed by atoms with Crippen LogP contribution >= 0.6 is 0 Å². The van der Waals surface area contributed by atoms with E-state index in [-0.39, 0.29) is 11.5 Å². The van der Waals surface area contributed by atoms with Crippen LogP contribution in [0.15, 0.2) is 42.6 Å². The summed E-state index contributed by atoms with van der Waals surface area (Å²) in [6.07, 6.45) is 3.45. The first-order valence-electron chi connectivity index (χ1n) is 5.96. The number of halogens is 1. The molecule has 1 aromatic heterocycles. The Morgan fingerprint density at radius 1 is 1.22 bits per heavy atom. The van der Waals surface area contributed by atoms with E-state index in [0.717, 1.165) is 12.8 Å². The van der Waals surface area contributed by atoms with E-state index in [9.17, 15) is 9.18 Å². The highest BCUT2D eigenvalue weighted by molar-refractivity contribution is 6.07. The Hall–Kier alpha value is -2.03. The minimum absolute atomic E-state index is 0.124. The van der Waals surface area contributed by atoms with Crippen LogP contribution in [-0.2, 0) is 6.42 Å². The van der Waals surface area contributed by atoms with Crippen LogP contribution in [0.5, 0.6) is 0 Å². The van der Waals surface area contributed by atoms with E-state index in [1.165, 1.54) is 23.9 Å². The van der Waals surface area contributed by atoms with Crippen LogP contribution in [0.4, 0.5) is 4.39 Å². The molecule has 18 heavy (non-hydrogen) atoms. The molecular weight excluding hydrogens is 229 g/mol. The largest absolute Gasteiger partial charge is 0.287 e. The normalized spacial score (nSPS) is 10.3. The summed E-state index contributed by atoms with van der Waals surface area (Å²) in [5, 5.41) is 0. The topological polar surface area (TPSA) is 30.0 Å². The Labute approximate surface area is 105 Å². The van der Waals surface area contributed by atoms with Crippen LogP contribution in [-0.4, -0.2) is 10.8 Å². The third-order valence-corrected chi connectivity index (χ3v) is 2.73. The average Bonchev–Trinajstić information content (AvgIpc) is 2.40. The second-order valence-electron chi connectivity index (χ2n) is 4.11. The molecule has 2 rings (SSSR count). The van der Waals surface area contributed by atoms with Crippen molar-refractivity contribution in [2.24, 2.45) is 0 Å². The molecule has 1 heterocycles. The van der Waals surface area contributed by atoms with E-state index in [2.05, 4.69) is 11.9 Å². The van der Waals surface area contributed by atoms with Gasteiger partial charge in [-0.15, -0.1) is 0 Å². The summed E-state index contributed by atoms with van der Waals surface area (Å²) in [5.41, 5.74) is 1.52. The fourth-order valence-electron chi connectivity index (χ4n) is 1.80. The Bertz CT molecular complexity index is 549. The first-order chi connectivity index (χ1) is 8.72. The number of hydrogen-bond acceptors (Lipinski definition) is 2. The van der Waals surface area contributed by atoms with Crippen LogP contribution in [0.25, 0.3) is 0 Å². The maximum atomic E-state index is 13.4. The molecule has 0 atom stereocenters. The Balaban J connectivity index is 2.27. The van der Waals surface area contributed by atoms with Crippen molar-refractivity contribution < 1.29 is 9.18 Å². The highest BCUT2D eigenvalue weighted by atomic mass is 19.1. The van der Waals surface area contributed by atoms with Gasteiger partial charge in [0.25, 0.3) is 0 Å². The van der Waals surface area contributed by atoms with Crippen molar-refractivity contribution >= 4 is 5.78 Å². The Morgan fingerprint density at radius 3 is 2.56 bits per heavy atom. The summed E-state index contributed by atoms with van der Waals surface area (Å²) >= 11 is 0. The number of carbonyl (C=O) groups excluding carboxylic acids is 1. The zero-order valence-corrected chi connectivity index (χ0v) is 10.2. The van der Waals surface area contributed by atoms with Crippen molar-refractivity contribution in [2.75, 3.05) is 0 Å². The molecule has 0 N–H and O–H groups in total. The number of pyridine rings is 1. The lowest BCUT2D eigenvalue weighted by molar-refractivity contribution is 0.103. The lowest BCUT2D eigenvalue weighted by Gasteiger charge is -2.03. The number of nitrogens with zero attached hydrogens (tertiary/aromatic N) is 1. The minimum atomic E-state index is -0.583. The molecule has 0 amide bonds. The van der Waals surface area contributed by atoms with Gasteiger partial charge in [-0.1, -0.05) is 37.6 Å². The van der Waals surface area contributed by atoms with Gasteiger partial charge in [0.05, 0.1) is 0 Å². The molecule has 0 saturated carbocycles. The van der Waals surface area contributed by atoms with Gasteiger partial charge in [0.15, 0.2) is 5.82 Å². The van der Waals surface area contributed by atoms with Crippen LogP contribution in [0.3, 0.4) is 0 Å². The molecule has 0 fully saturated rings. The van der Waals surface area contributed by atoms with Gasteiger partial charge in [0.1, 0.15) is 5.69 Å². The van der Waals surface area contributed by atoms with Gasteiger partial charge in [-0.2, -0.15) is 0 Å². The van der Waals surface area contributed by atoms with Crippen molar-refractivity contribution in [3.8, 4) is 0 Å². The van der Waals surface area contributed by atoms with E-state index in [1.807, 2.05) is 12.1 Å². The smallest absolute Gasteiger partial charge is 0.214 e. The van der Waals surface area contributed by atoms with Crippen LogP contribution in [0.2, 0.25) is 0 Å². The quantitative estimate of drug-likeness (QED) is 0.770. The molecule has 0 aliphatic rings. The molecule has 0 aliphatic carbocycles. The van der Waals surface area contributed by atoms with E-state index in [1.54, 1.807) is 12.1 Å². The van der Waals surface area contributed by atoms with Gasteiger partial charge in [-0.3, -0.25) is 4.79 Å². The lowest BCUT2D eigenvalue weighted by Crippen LogP contribution is -2.06. The standard InChI is InChI=1S/C15H14FNO/c1-2-4-11-6-8-12(9-7-11)15(18)14-13(16)5-3-10-17-14/h3,5-10H,2,4H2,1H3. The van der Waals surface area contributed by atoms with Crippen molar-refractivity contribution in [3.63, 3.8) is 0 Å². The molecule has 0 saturated heterocycles. The van der Waals surface area contributed by atoms with Gasteiger partial charge in [-0.05, 0) is 24.1 Å². The third kappa shape index (κ3) is 2.62. The van der Waals surface area contributed by atoms with E-state index >= 15 is 0 Å². The highest BCUT2D eigenvalue weighted by Gasteiger charge is 2.14. The van der Waals surface area contributed by atoms with Gasteiger partial charge >= 0.3 is 0 Å². The molecule has 3 heteroatoms. The molecule has 1 aromatic carbocycles. The summed E-state index contributed by atoms with van der Waals surface area (Å²) < 4.78 is 13.4. The van der Waals surface area contributed by atoms with E-state index < -0.39 is 5.82 Å². The number of carbonyl (C=O) groups is 1. The van der Waals surface area contributed by atoms with Crippen LogP contribution in [0.1, 0.15) is 35.0 Å². The van der Waals surface area contributed by atoms with Crippen molar-refractivity contribution in [2.45, 2.75) is 19.8 Å². The highest BCUT2D eigenvalue weighted by Crippen LogP contribution is 2.12. The van der Waals surface area contributed by atoms with Crippen LogP contribution < -0.4 is 0 Å². The monoisotopic (exact) mass is 243 g/mol. The number of aryl methyl sites for hydroxylation is 1. The maximum Gasteiger partial charge on any atom is 0.214 e. The molecule has 0 unspecified atom stereocenters. The van der Waals surface area contributed by atoms with Crippen molar-refractivity contribution in [3.05, 3.63) is 65.2 Å². The lowest BCUT2D eigenvalue weighted by atomic mass is 10.0. The second kappa shape index (κ2) is 5.54. The summed E-state index contributed by atoms with van der Waals surface area (Å²) in [7, 11) is 0.